The number of hydrogen-bond donors (Lipinski definition) is 1. The summed E-state index contributed by atoms with van der Waals surface area (Å²) in [5.41, 5.74) is 6.90. The molecule has 18 heavy (non-hydrogen) atoms. The minimum atomic E-state index is -0.667. The fraction of sp³-hybridized carbons (Fsp3) is 0.143. The first-order valence-electron chi connectivity index (χ1n) is 5.50. The van der Waals surface area contributed by atoms with E-state index in [1.807, 2.05) is 0 Å². The second-order valence-electron chi connectivity index (χ2n) is 4.14. The molecule has 0 aliphatic rings. The molecule has 0 spiro atoms. The smallest absolute Gasteiger partial charge is 0.126 e. The summed E-state index contributed by atoms with van der Waals surface area (Å²) in [5.74, 6) is -1.69. The summed E-state index contributed by atoms with van der Waals surface area (Å²) in [7, 11) is 0. The molecule has 94 valence electrons. The van der Waals surface area contributed by atoms with E-state index in [2.05, 4.69) is 0 Å². The van der Waals surface area contributed by atoms with E-state index in [-0.39, 0.29) is 5.82 Å². The third-order valence-corrected chi connectivity index (χ3v) is 2.66. The van der Waals surface area contributed by atoms with Crippen molar-refractivity contribution in [1.82, 2.24) is 0 Å². The molecular formula is C14H12F3N. The highest BCUT2D eigenvalue weighted by atomic mass is 19.1. The largest absolute Gasteiger partial charge is 0.324 e. The van der Waals surface area contributed by atoms with Crippen LogP contribution in [0.3, 0.4) is 0 Å². The third kappa shape index (κ3) is 3.11. The SMILES string of the molecule is NC(Cc1cccc(F)c1)c1cc(F)cc(F)c1. The van der Waals surface area contributed by atoms with Crippen LogP contribution in [0.15, 0.2) is 42.5 Å². The van der Waals surface area contributed by atoms with Gasteiger partial charge in [-0.3, -0.25) is 0 Å². The Morgan fingerprint density at radius 1 is 0.889 bits per heavy atom. The molecule has 1 atom stereocenters. The summed E-state index contributed by atoms with van der Waals surface area (Å²) < 4.78 is 39.1. The van der Waals surface area contributed by atoms with Crippen LogP contribution in [-0.2, 0) is 6.42 Å². The van der Waals surface area contributed by atoms with Gasteiger partial charge in [0.05, 0.1) is 0 Å². The van der Waals surface area contributed by atoms with Crippen molar-refractivity contribution in [2.45, 2.75) is 12.5 Å². The van der Waals surface area contributed by atoms with Gasteiger partial charge in [0.1, 0.15) is 17.5 Å². The first kappa shape index (κ1) is 12.6. The van der Waals surface area contributed by atoms with E-state index in [0.717, 1.165) is 6.07 Å². The molecule has 1 unspecified atom stereocenters. The lowest BCUT2D eigenvalue weighted by molar-refractivity contribution is 0.572. The molecule has 0 amide bonds. The lowest BCUT2D eigenvalue weighted by Gasteiger charge is -2.12. The molecule has 0 fully saturated rings. The molecule has 0 bridgehead atoms. The van der Waals surface area contributed by atoms with Crippen molar-refractivity contribution in [3.8, 4) is 0 Å². The number of rotatable bonds is 3. The maximum absolute atomic E-state index is 13.0. The highest BCUT2D eigenvalue weighted by molar-refractivity contribution is 5.25. The summed E-state index contributed by atoms with van der Waals surface area (Å²) in [4.78, 5) is 0. The first-order valence-corrected chi connectivity index (χ1v) is 5.50. The highest BCUT2D eigenvalue weighted by Crippen LogP contribution is 2.19. The quantitative estimate of drug-likeness (QED) is 0.889. The number of hydrogen-bond acceptors (Lipinski definition) is 1. The van der Waals surface area contributed by atoms with E-state index in [9.17, 15) is 13.2 Å². The van der Waals surface area contributed by atoms with E-state index in [4.69, 9.17) is 5.73 Å². The van der Waals surface area contributed by atoms with Gasteiger partial charge < -0.3 is 5.73 Å². The molecule has 0 radical (unpaired) electrons. The van der Waals surface area contributed by atoms with Crippen LogP contribution in [0.25, 0.3) is 0 Å². The van der Waals surface area contributed by atoms with Gasteiger partial charge in [0, 0.05) is 12.1 Å². The van der Waals surface area contributed by atoms with Gasteiger partial charge >= 0.3 is 0 Å². The fourth-order valence-corrected chi connectivity index (χ4v) is 1.82. The number of halogens is 3. The summed E-state index contributed by atoms with van der Waals surface area (Å²) >= 11 is 0. The highest BCUT2D eigenvalue weighted by Gasteiger charge is 2.10. The maximum Gasteiger partial charge on any atom is 0.126 e. The molecule has 2 N–H and O–H groups in total. The molecule has 1 nitrogen and oxygen atoms in total. The Morgan fingerprint density at radius 3 is 2.17 bits per heavy atom. The van der Waals surface area contributed by atoms with Gasteiger partial charge in [0.2, 0.25) is 0 Å². The van der Waals surface area contributed by atoms with Crippen LogP contribution in [0.1, 0.15) is 17.2 Å². The van der Waals surface area contributed by atoms with Crippen LogP contribution in [0.2, 0.25) is 0 Å². The summed E-state index contributed by atoms with van der Waals surface area (Å²) in [6.07, 6.45) is 0.320. The fourth-order valence-electron chi connectivity index (χ4n) is 1.82. The molecule has 2 rings (SSSR count). The van der Waals surface area contributed by atoms with E-state index < -0.39 is 17.7 Å². The van der Waals surface area contributed by atoms with Gasteiger partial charge in [-0.2, -0.15) is 0 Å². The van der Waals surface area contributed by atoms with E-state index >= 15 is 0 Å². The van der Waals surface area contributed by atoms with Crippen molar-refractivity contribution in [2.24, 2.45) is 5.73 Å². The summed E-state index contributed by atoms with van der Waals surface area (Å²) in [5, 5.41) is 0. The lowest BCUT2D eigenvalue weighted by atomic mass is 9.99. The minimum Gasteiger partial charge on any atom is -0.324 e. The van der Waals surface area contributed by atoms with Gasteiger partial charge in [-0.1, -0.05) is 12.1 Å². The summed E-state index contributed by atoms with van der Waals surface area (Å²) in [6.45, 7) is 0. The molecule has 0 heterocycles. The van der Waals surface area contributed by atoms with Crippen molar-refractivity contribution >= 4 is 0 Å². The zero-order chi connectivity index (χ0) is 13.1. The Balaban J connectivity index is 2.19. The monoisotopic (exact) mass is 251 g/mol. The zero-order valence-electron chi connectivity index (χ0n) is 9.54. The lowest BCUT2D eigenvalue weighted by Crippen LogP contribution is -2.14. The van der Waals surface area contributed by atoms with Crippen LogP contribution in [-0.4, -0.2) is 0 Å². The van der Waals surface area contributed by atoms with E-state index in [1.165, 1.54) is 24.3 Å². The third-order valence-electron chi connectivity index (χ3n) is 2.66. The molecule has 0 aliphatic heterocycles. The van der Waals surface area contributed by atoms with Crippen molar-refractivity contribution in [3.05, 3.63) is 71.0 Å². The average molecular weight is 251 g/mol. The Labute approximate surface area is 103 Å². The normalized spacial score (nSPS) is 12.4. The Kier molecular flexibility index (Phi) is 3.67. The standard InChI is InChI=1S/C14H12F3N/c15-11-3-1-2-9(4-11)5-14(18)10-6-12(16)8-13(17)7-10/h1-4,6-8,14H,5,18H2. The Hall–Kier alpha value is -1.81. The maximum atomic E-state index is 13.0. The van der Waals surface area contributed by atoms with Gasteiger partial charge in [0.25, 0.3) is 0 Å². The van der Waals surface area contributed by atoms with E-state index in [0.29, 0.717) is 17.5 Å². The second-order valence-corrected chi connectivity index (χ2v) is 4.14. The number of nitrogens with two attached hydrogens (primary N) is 1. The van der Waals surface area contributed by atoms with Crippen LogP contribution < -0.4 is 5.73 Å². The molecular weight excluding hydrogens is 239 g/mol. The summed E-state index contributed by atoms with van der Waals surface area (Å²) in [6, 6.07) is 8.57. The first-order chi connectivity index (χ1) is 8.54. The molecule has 0 saturated heterocycles. The average Bonchev–Trinajstić information content (AvgIpc) is 2.27. The van der Waals surface area contributed by atoms with Crippen LogP contribution >= 0.6 is 0 Å². The van der Waals surface area contributed by atoms with Crippen molar-refractivity contribution in [3.63, 3.8) is 0 Å². The van der Waals surface area contributed by atoms with Gasteiger partial charge in [-0.15, -0.1) is 0 Å². The molecule has 2 aromatic carbocycles. The number of benzene rings is 2. The predicted octanol–water partition coefficient (Wildman–Crippen LogP) is 3.35. The molecule has 0 aromatic heterocycles. The van der Waals surface area contributed by atoms with Crippen LogP contribution in [0, 0.1) is 17.5 Å². The van der Waals surface area contributed by atoms with Gasteiger partial charge in [-0.05, 0) is 41.8 Å². The van der Waals surface area contributed by atoms with Gasteiger partial charge in [0.15, 0.2) is 0 Å². The van der Waals surface area contributed by atoms with Gasteiger partial charge in [-0.25, -0.2) is 13.2 Å². The van der Waals surface area contributed by atoms with E-state index in [1.54, 1.807) is 12.1 Å². The van der Waals surface area contributed by atoms with Crippen LogP contribution in [0.5, 0.6) is 0 Å². The molecule has 0 aliphatic carbocycles. The molecule has 0 saturated carbocycles. The van der Waals surface area contributed by atoms with Crippen molar-refractivity contribution < 1.29 is 13.2 Å². The zero-order valence-corrected chi connectivity index (χ0v) is 9.54. The molecule has 2 aromatic rings. The molecule has 4 heteroatoms. The minimum absolute atomic E-state index is 0.320. The van der Waals surface area contributed by atoms with Crippen LogP contribution in [0.4, 0.5) is 13.2 Å². The topological polar surface area (TPSA) is 26.0 Å². The Morgan fingerprint density at radius 2 is 1.56 bits per heavy atom. The van der Waals surface area contributed by atoms with Crippen molar-refractivity contribution in [2.75, 3.05) is 0 Å². The van der Waals surface area contributed by atoms with Crippen molar-refractivity contribution in [1.29, 1.82) is 0 Å². The predicted molar refractivity (Wildman–Crippen MR) is 63.4 cm³/mol. The second kappa shape index (κ2) is 5.23. The Bertz CT molecular complexity index is 534.